The van der Waals surface area contributed by atoms with Crippen LogP contribution in [0.4, 0.5) is 0 Å². The van der Waals surface area contributed by atoms with Gasteiger partial charge in [-0.05, 0) is 6.92 Å². The summed E-state index contributed by atoms with van der Waals surface area (Å²) in [5, 5.41) is 0. The van der Waals surface area contributed by atoms with Crippen LogP contribution >= 0.6 is 11.8 Å². The van der Waals surface area contributed by atoms with Crippen molar-refractivity contribution in [2.75, 3.05) is 19.0 Å². The summed E-state index contributed by atoms with van der Waals surface area (Å²) in [6.45, 7) is 2.95. The van der Waals surface area contributed by atoms with E-state index < -0.39 is 0 Å². The second-order valence-electron chi connectivity index (χ2n) is 2.26. The van der Waals surface area contributed by atoms with E-state index in [2.05, 4.69) is 5.92 Å². The fraction of sp³-hybridized carbons (Fsp3) is 0.625. The minimum Gasteiger partial charge on any atom is -0.366 e. The highest BCUT2D eigenvalue weighted by molar-refractivity contribution is 8.02. The van der Waals surface area contributed by atoms with E-state index in [1.807, 2.05) is 6.92 Å². The lowest BCUT2D eigenvalue weighted by atomic mass is 10.4. The van der Waals surface area contributed by atoms with Crippen molar-refractivity contribution < 1.29 is 9.47 Å². The SMILES string of the molecule is C#CCOCC1CS[C](C)O1. The van der Waals surface area contributed by atoms with Gasteiger partial charge in [0.25, 0.3) is 0 Å². The molecule has 1 atom stereocenters. The van der Waals surface area contributed by atoms with Crippen molar-refractivity contribution in [3.63, 3.8) is 0 Å². The summed E-state index contributed by atoms with van der Waals surface area (Å²) in [4.78, 5) is 0. The van der Waals surface area contributed by atoms with Gasteiger partial charge in [-0.3, -0.25) is 0 Å². The smallest absolute Gasteiger partial charge is 0.149 e. The molecule has 1 saturated heterocycles. The van der Waals surface area contributed by atoms with E-state index in [1.54, 1.807) is 11.8 Å². The number of thioether (sulfide) groups is 1. The Balaban J connectivity index is 2.05. The maximum atomic E-state index is 5.39. The van der Waals surface area contributed by atoms with E-state index in [9.17, 15) is 0 Å². The summed E-state index contributed by atoms with van der Waals surface area (Å²) in [6.07, 6.45) is 5.22. The molecule has 1 radical (unpaired) electrons. The van der Waals surface area contributed by atoms with Crippen LogP contribution in [0.3, 0.4) is 0 Å². The molecule has 61 valence electrons. The lowest BCUT2D eigenvalue weighted by Gasteiger charge is -2.07. The van der Waals surface area contributed by atoms with Gasteiger partial charge in [-0.15, -0.1) is 18.2 Å². The fourth-order valence-electron chi connectivity index (χ4n) is 0.844. The Bertz CT molecular complexity index is 153. The van der Waals surface area contributed by atoms with Crippen molar-refractivity contribution in [2.24, 2.45) is 0 Å². The van der Waals surface area contributed by atoms with E-state index in [1.165, 1.54) is 0 Å². The van der Waals surface area contributed by atoms with Gasteiger partial charge >= 0.3 is 0 Å². The maximum absolute atomic E-state index is 5.39. The fourth-order valence-corrected chi connectivity index (χ4v) is 1.63. The molecule has 0 aromatic rings. The predicted molar refractivity (Wildman–Crippen MR) is 45.9 cm³/mol. The molecule has 0 saturated carbocycles. The molecule has 0 spiro atoms. The number of terminal acetylenes is 1. The molecule has 0 N–H and O–H groups in total. The van der Waals surface area contributed by atoms with E-state index in [4.69, 9.17) is 15.9 Å². The van der Waals surface area contributed by atoms with Crippen LogP contribution in [-0.2, 0) is 9.47 Å². The molecule has 1 heterocycles. The van der Waals surface area contributed by atoms with Crippen molar-refractivity contribution in [3.05, 3.63) is 5.44 Å². The summed E-state index contributed by atoms with van der Waals surface area (Å²) >= 11 is 1.73. The number of ether oxygens (including phenoxy) is 2. The lowest BCUT2D eigenvalue weighted by molar-refractivity contribution is 0.0390. The molecule has 3 heteroatoms. The Morgan fingerprint density at radius 1 is 1.91 bits per heavy atom. The third-order valence-electron chi connectivity index (χ3n) is 1.29. The van der Waals surface area contributed by atoms with Crippen molar-refractivity contribution in [1.82, 2.24) is 0 Å². The number of hydrogen-bond donors (Lipinski definition) is 0. The van der Waals surface area contributed by atoms with Crippen molar-refractivity contribution in [1.29, 1.82) is 0 Å². The van der Waals surface area contributed by atoms with Crippen molar-refractivity contribution >= 4 is 11.8 Å². The summed E-state index contributed by atoms with van der Waals surface area (Å²) in [7, 11) is 0. The van der Waals surface area contributed by atoms with Crippen LogP contribution < -0.4 is 0 Å². The average Bonchev–Trinajstić information content (AvgIpc) is 2.37. The van der Waals surface area contributed by atoms with Crippen LogP contribution in [0, 0.1) is 17.8 Å². The Kier molecular flexibility index (Phi) is 3.78. The van der Waals surface area contributed by atoms with Crippen molar-refractivity contribution in [2.45, 2.75) is 13.0 Å². The normalized spacial score (nSPS) is 25.3. The van der Waals surface area contributed by atoms with Crippen LogP contribution in [0.25, 0.3) is 0 Å². The monoisotopic (exact) mass is 171 g/mol. The molecular weight excluding hydrogens is 160 g/mol. The zero-order chi connectivity index (χ0) is 8.10. The van der Waals surface area contributed by atoms with Crippen LogP contribution in [0.5, 0.6) is 0 Å². The van der Waals surface area contributed by atoms with E-state index >= 15 is 0 Å². The first-order valence-corrected chi connectivity index (χ1v) is 4.45. The zero-order valence-electron chi connectivity index (χ0n) is 6.50. The van der Waals surface area contributed by atoms with Gasteiger partial charge in [-0.2, -0.15) is 0 Å². The van der Waals surface area contributed by atoms with Gasteiger partial charge in [-0.25, -0.2) is 0 Å². The Morgan fingerprint density at radius 2 is 2.73 bits per heavy atom. The Morgan fingerprint density at radius 3 is 3.27 bits per heavy atom. The minimum atomic E-state index is 0.202. The lowest BCUT2D eigenvalue weighted by Crippen LogP contribution is -2.17. The Hall–Kier alpha value is -0.170. The molecule has 2 nitrogen and oxygen atoms in total. The molecule has 0 bridgehead atoms. The van der Waals surface area contributed by atoms with Gasteiger partial charge in [0, 0.05) is 5.75 Å². The van der Waals surface area contributed by atoms with Gasteiger partial charge in [-0.1, -0.05) is 5.92 Å². The van der Waals surface area contributed by atoms with E-state index in [-0.39, 0.29) is 6.10 Å². The van der Waals surface area contributed by atoms with Crippen LogP contribution in [0.1, 0.15) is 6.92 Å². The molecule has 1 aliphatic rings. The summed E-state index contributed by atoms with van der Waals surface area (Å²) < 4.78 is 10.5. The summed E-state index contributed by atoms with van der Waals surface area (Å²) in [6, 6.07) is 0. The zero-order valence-corrected chi connectivity index (χ0v) is 7.32. The van der Waals surface area contributed by atoms with Crippen LogP contribution in [0.2, 0.25) is 0 Å². The third kappa shape index (κ3) is 3.15. The molecule has 0 amide bonds. The molecule has 0 aliphatic carbocycles. The molecule has 0 aromatic carbocycles. The average molecular weight is 171 g/mol. The molecule has 1 fully saturated rings. The summed E-state index contributed by atoms with van der Waals surface area (Å²) in [5.74, 6) is 3.39. The molecule has 1 aliphatic heterocycles. The van der Waals surface area contributed by atoms with E-state index in [0.29, 0.717) is 13.2 Å². The second-order valence-corrected chi connectivity index (χ2v) is 3.46. The maximum Gasteiger partial charge on any atom is 0.149 e. The first-order valence-electron chi connectivity index (χ1n) is 3.47. The largest absolute Gasteiger partial charge is 0.366 e. The molecule has 11 heavy (non-hydrogen) atoms. The first kappa shape index (κ1) is 8.92. The van der Waals surface area contributed by atoms with Gasteiger partial charge in [0.1, 0.15) is 12.0 Å². The van der Waals surface area contributed by atoms with E-state index in [0.717, 1.165) is 11.2 Å². The summed E-state index contributed by atoms with van der Waals surface area (Å²) in [5.41, 5.74) is 1.03. The molecule has 1 unspecified atom stereocenters. The van der Waals surface area contributed by atoms with Gasteiger partial charge in [0.15, 0.2) is 0 Å². The topological polar surface area (TPSA) is 18.5 Å². The number of rotatable bonds is 3. The van der Waals surface area contributed by atoms with Gasteiger partial charge in [0.05, 0.1) is 12.7 Å². The molecular formula is C8H11O2S. The van der Waals surface area contributed by atoms with Crippen LogP contribution in [-0.4, -0.2) is 25.1 Å². The van der Waals surface area contributed by atoms with Crippen LogP contribution in [0.15, 0.2) is 0 Å². The Labute approximate surface area is 71.6 Å². The highest BCUT2D eigenvalue weighted by Gasteiger charge is 2.22. The standard InChI is InChI=1S/C8H11O2S/c1-3-4-9-5-8-6-11-7(2)10-8/h1,8H,4-6H2,2H3. The second kappa shape index (κ2) is 4.66. The highest BCUT2D eigenvalue weighted by atomic mass is 32.2. The quantitative estimate of drug-likeness (QED) is 0.471. The molecule has 0 aromatic heterocycles. The minimum absolute atomic E-state index is 0.202. The molecule has 1 rings (SSSR count). The van der Waals surface area contributed by atoms with Gasteiger partial charge in [0.2, 0.25) is 0 Å². The predicted octanol–water partition coefficient (Wildman–Crippen LogP) is 1.28. The van der Waals surface area contributed by atoms with Crippen molar-refractivity contribution in [3.8, 4) is 12.3 Å². The number of hydrogen-bond acceptors (Lipinski definition) is 3. The highest BCUT2D eigenvalue weighted by Crippen LogP contribution is 2.30. The third-order valence-corrected chi connectivity index (χ3v) is 2.34. The first-order chi connectivity index (χ1) is 5.33. The van der Waals surface area contributed by atoms with Gasteiger partial charge < -0.3 is 9.47 Å².